The molecule has 252 valence electrons. The van der Waals surface area contributed by atoms with E-state index in [0.717, 1.165) is 83.7 Å². The van der Waals surface area contributed by atoms with Crippen molar-refractivity contribution in [3.05, 3.63) is 101 Å². The van der Waals surface area contributed by atoms with Crippen molar-refractivity contribution in [1.29, 1.82) is 0 Å². The second kappa shape index (κ2) is 17.6. The fraction of sp³-hybridized carbons (Fsp3) is 0.342. The van der Waals surface area contributed by atoms with Crippen molar-refractivity contribution >= 4 is 50.7 Å². The van der Waals surface area contributed by atoms with Crippen LogP contribution in [0.15, 0.2) is 106 Å². The number of nitrogens with one attached hydrogen (secondary N) is 1. The Morgan fingerprint density at radius 3 is 2.22 bits per heavy atom. The van der Waals surface area contributed by atoms with Crippen LogP contribution in [-0.2, 0) is 4.79 Å². The van der Waals surface area contributed by atoms with Crippen molar-refractivity contribution < 1.29 is 9.36 Å². The lowest BCUT2D eigenvalue weighted by Gasteiger charge is -2.20. The van der Waals surface area contributed by atoms with Crippen molar-refractivity contribution in [2.45, 2.75) is 46.0 Å². The highest BCUT2D eigenvalue weighted by molar-refractivity contribution is 5.85. The minimum atomic E-state index is 0.0488. The SMILES string of the molecule is CCN(CC)c1ccc2nc3ccc(N=Nc4ccc(N(C)CCCCCC(=O)NCCCN=[N+]=[N-])cc4)cc3[n+](-c3ccccc3)c2c1. The standard InChI is InChI=1S/C38H44N10O/c1-4-47(5-2)33-21-23-35-37(28-33)48(32-13-8-6-9-14-32)36-27-30(18-22-34(36)42-35)44-43-29-16-19-31(20-17-29)46(3)26-11-7-10-15-38(49)40-24-12-25-41-45-39/h6,8-9,13-14,16-23,27-28H,4-5,7,10-12,15,24-26H2,1-3H3/p+1. The predicted molar refractivity (Wildman–Crippen MR) is 198 cm³/mol. The first-order chi connectivity index (χ1) is 24.0. The summed E-state index contributed by atoms with van der Waals surface area (Å²) in [5.41, 5.74) is 17.0. The number of aromatic nitrogens is 2. The van der Waals surface area contributed by atoms with E-state index in [1.807, 2.05) is 30.3 Å². The number of carbonyl (C=O) groups excluding carboxylic acids is 1. The van der Waals surface area contributed by atoms with Gasteiger partial charge in [-0.1, -0.05) is 29.7 Å². The lowest BCUT2D eigenvalue weighted by atomic mass is 10.1. The number of para-hydroxylation sites is 1. The fourth-order valence-corrected chi connectivity index (χ4v) is 5.87. The third-order valence-electron chi connectivity index (χ3n) is 8.57. The zero-order valence-corrected chi connectivity index (χ0v) is 28.7. The van der Waals surface area contributed by atoms with Gasteiger partial charge in [-0.15, -0.1) is 4.57 Å². The molecule has 0 fully saturated rings. The molecule has 49 heavy (non-hydrogen) atoms. The zero-order valence-electron chi connectivity index (χ0n) is 28.7. The monoisotopic (exact) mass is 657 g/mol. The Morgan fingerprint density at radius 1 is 0.816 bits per heavy atom. The highest BCUT2D eigenvalue weighted by Crippen LogP contribution is 2.27. The number of anilines is 2. The van der Waals surface area contributed by atoms with Gasteiger partial charge in [0.2, 0.25) is 22.6 Å². The summed E-state index contributed by atoms with van der Waals surface area (Å²) in [6, 6.07) is 31.0. The number of amides is 1. The van der Waals surface area contributed by atoms with Gasteiger partial charge in [-0.2, -0.15) is 10.2 Å². The number of benzene rings is 4. The number of rotatable bonds is 17. The Bertz CT molecular complexity index is 1920. The molecule has 0 aliphatic heterocycles. The van der Waals surface area contributed by atoms with E-state index in [1.54, 1.807) is 0 Å². The second-order valence-electron chi connectivity index (χ2n) is 11.9. The molecule has 0 bridgehead atoms. The van der Waals surface area contributed by atoms with Crippen molar-refractivity contribution in [1.82, 2.24) is 10.3 Å². The van der Waals surface area contributed by atoms with Crippen molar-refractivity contribution in [2.75, 3.05) is 49.6 Å². The largest absolute Gasteiger partial charge is 0.375 e. The minimum Gasteiger partial charge on any atom is -0.375 e. The Morgan fingerprint density at radius 2 is 1.49 bits per heavy atom. The van der Waals surface area contributed by atoms with E-state index in [1.165, 1.54) is 5.69 Å². The number of unbranched alkanes of at least 4 members (excludes halogenated alkanes) is 2. The number of nitrogens with zero attached hydrogens (tertiary/aromatic N) is 9. The molecule has 4 aromatic carbocycles. The average Bonchev–Trinajstić information content (AvgIpc) is 3.13. The summed E-state index contributed by atoms with van der Waals surface area (Å²) in [4.78, 5) is 24.2. The molecular formula is C38H45N10O+. The van der Waals surface area contributed by atoms with E-state index < -0.39 is 0 Å². The van der Waals surface area contributed by atoms with Crippen LogP contribution in [0.2, 0.25) is 0 Å². The first-order valence-corrected chi connectivity index (χ1v) is 17.1. The first-order valence-electron chi connectivity index (χ1n) is 17.1. The summed E-state index contributed by atoms with van der Waals surface area (Å²) < 4.78 is 2.26. The Kier molecular flexibility index (Phi) is 12.5. The van der Waals surface area contributed by atoms with Gasteiger partial charge < -0.3 is 15.1 Å². The average molecular weight is 658 g/mol. The summed E-state index contributed by atoms with van der Waals surface area (Å²) in [5.74, 6) is 0.0488. The first kappa shape index (κ1) is 34.8. The van der Waals surface area contributed by atoms with Gasteiger partial charge in [-0.05, 0) is 87.2 Å². The summed E-state index contributed by atoms with van der Waals surface area (Å²) in [6.45, 7) is 8.06. The third-order valence-corrected chi connectivity index (χ3v) is 8.57. The fourth-order valence-electron chi connectivity index (χ4n) is 5.87. The van der Waals surface area contributed by atoms with E-state index in [0.29, 0.717) is 25.9 Å². The van der Waals surface area contributed by atoms with Crippen LogP contribution in [0, 0.1) is 0 Å². The molecule has 5 rings (SSSR count). The number of azo groups is 1. The van der Waals surface area contributed by atoms with Gasteiger partial charge in [-0.3, -0.25) is 4.79 Å². The van der Waals surface area contributed by atoms with E-state index >= 15 is 0 Å². The quantitative estimate of drug-likeness (QED) is 0.0268. The highest BCUT2D eigenvalue weighted by atomic mass is 16.1. The molecule has 0 spiro atoms. The Balaban J connectivity index is 1.24. The predicted octanol–water partition coefficient (Wildman–Crippen LogP) is 8.74. The smallest absolute Gasteiger partial charge is 0.239 e. The topological polar surface area (TPSA) is 126 Å². The molecule has 1 amide bonds. The molecule has 0 aliphatic carbocycles. The van der Waals surface area contributed by atoms with Gasteiger partial charge in [0.25, 0.3) is 0 Å². The van der Waals surface area contributed by atoms with Gasteiger partial charge in [-0.25, -0.2) is 4.98 Å². The van der Waals surface area contributed by atoms with Crippen molar-refractivity contribution in [3.8, 4) is 5.69 Å². The van der Waals surface area contributed by atoms with Gasteiger partial charge in [0.15, 0.2) is 0 Å². The molecule has 1 heterocycles. The molecule has 0 aliphatic rings. The molecular weight excluding hydrogens is 612 g/mol. The maximum absolute atomic E-state index is 12.0. The molecule has 0 unspecified atom stereocenters. The molecule has 0 saturated carbocycles. The molecule has 5 aromatic rings. The van der Waals surface area contributed by atoms with Crippen LogP contribution < -0.4 is 19.7 Å². The number of fused-ring (bicyclic) bond motifs is 2. The number of azide groups is 1. The van der Waals surface area contributed by atoms with Crippen LogP contribution in [-0.4, -0.2) is 50.7 Å². The second-order valence-corrected chi connectivity index (χ2v) is 11.9. The molecule has 0 radical (unpaired) electrons. The summed E-state index contributed by atoms with van der Waals surface area (Å²) in [5, 5.41) is 15.5. The summed E-state index contributed by atoms with van der Waals surface area (Å²) >= 11 is 0. The van der Waals surface area contributed by atoms with E-state index in [2.05, 4.69) is 121 Å². The van der Waals surface area contributed by atoms with E-state index in [9.17, 15) is 4.79 Å². The van der Waals surface area contributed by atoms with Gasteiger partial charge in [0, 0.05) is 86.7 Å². The van der Waals surface area contributed by atoms with Gasteiger partial charge >= 0.3 is 0 Å². The normalized spacial score (nSPS) is 11.2. The number of hydrogen-bond donors (Lipinski definition) is 1. The Hall–Kier alpha value is -5.54. The van der Waals surface area contributed by atoms with Crippen molar-refractivity contribution in [2.24, 2.45) is 15.3 Å². The molecule has 0 atom stereocenters. The van der Waals surface area contributed by atoms with Crippen LogP contribution in [0.4, 0.5) is 22.7 Å². The lowest BCUT2D eigenvalue weighted by molar-refractivity contribution is -0.538. The molecule has 11 heteroatoms. The molecule has 1 N–H and O–H groups in total. The third kappa shape index (κ3) is 9.30. The highest BCUT2D eigenvalue weighted by Gasteiger charge is 2.21. The lowest BCUT2D eigenvalue weighted by Crippen LogP contribution is -2.33. The van der Waals surface area contributed by atoms with Crippen LogP contribution in [0.1, 0.15) is 46.0 Å². The zero-order chi connectivity index (χ0) is 34.4. The van der Waals surface area contributed by atoms with Crippen LogP contribution in [0.3, 0.4) is 0 Å². The van der Waals surface area contributed by atoms with Gasteiger partial charge in [0.1, 0.15) is 11.0 Å². The van der Waals surface area contributed by atoms with Crippen LogP contribution in [0.5, 0.6) is 0 Å². The number of carbonyl (C=O) groups is 1. The summed E-state index contributed by atoms with van der Waals surface area (Å²) in [6.07, 6.45) is 3.99. The van der Waals surface area contributed by atoms with Crippen molar-refractivity contribution in [3.63, 3.8) is 0 Å². The maximum atomic E-state index is 12.0. The molecule has 1 aromatic heterocycles. The number of hydrogen-bond acceptors (Lipinski definition) is 7. The maximum Gasteiger partial charge on any atom is 0.239 e. The van der Waals surface area contributed by atoms with Crippen LogP contribution in [0.25, 0.3) is 38.2 Å². The van der Waals surface area contributed by atoms with E-state index in [-0.39, 0.29) is 5.91 Å². The summed E-state index contributed by atoms with van der Waals surface area (Å²) in [7, 11) is 2.08. The van der Waals surface area contributed by atoms with Crippen LogP contribution >= 0.6 is 0 Å². The molecule has 11 nitrogen and oxygen atoms in total. The molecule has 0 saturated heterocycles. The van der Waals surface area contributed by atoms with Gasteiger partial charge in [0.05, 0.1) is 11.4 Å². The minimum absolute atomic E-state index is 0.0488. The Labute approximate surface area is 287 Å². The van der Waals surface area contributed by atoms with E-state index in [4.69, 9.17) is 10.5 Å².